The van der Waals surface area contributed by atoms with Crippen LogP contribution in [0.5, 0.6) is 0 Å². The maximum atomic E-state index is 12.1. The van der Waals surface area contributed by atoms with Crippen molar-refractivity contribution in [3.63, 3.8) is 0 Å². The summed E-state index contributed by atoms with van der Waals surface area (Å²) in [6.07, 6.45) is 3.97. The van der Waals surface area contributed by atoms with Crippen LogP contribution in [0.25, 0.3) is 6.08 Å². The lowest BCUT2D eigenvalue weighted by Gasteiger charge is -2.14. The van der Waals surface area contributed by atoms with Gasteiger partial charge in [0.25, 0.3) is 0 Å². The zero-order valence-electron chi connectivity index (χ0n) is 12.0. The van der Waals surface area contributed by atoms with Gasteiger partial charge in [0.1, 0.15) is 0 Å². The van der Waals surface area contributed by atoms with E-state index in [0.717, 1.165) is 12.8 Å². The van der Waals surface area contributed by atoms with Crippen LogP contribution in [0.15, 0.2) is 35.9 Å². The number of carbonyl (C=O) groups excluding carboxylic acids is 1. The van der Waals surface area contributed by atoms with Gasteiger partial charge in [-0.05, 0) is 38.2 Å². The van der Waals surface area contributed by atoms with Gasteiger partial charge in [-0.15, -0.1) is 0 Å². The molecular formula is C17H22O2. The molecule has 2 rings (SSSR count). The molecule has 0 saturated heterocycles. The minimum atomic E-state index is -0.259. The van der Waals surface area contributed by atoms with E-state index in [9.17, 15) is 4.79 Å². The maximum absolute atomic E-state index is 12.1. The Hall–Kier alpha value is -1.57. The first-order chi connectivity index (χ1) is 9.14. The number of carbonyl (C=O) groups is 1. The Kier molecular flexibility index (Phi) is 4.08. The van der Waals surface area contributed by atoms with E-state index in [1.54, 1.807) is 0 Å². The third-order valence-electron chi connectivity index (χ3n) is 4.13. The molecule has 0 aliphatic heterocycles. The lowest BCUT2D eigenvalue weighted by molar-refractivity contribution is -0.150. The first-order valence-corrected chi connectivity index (χ1v) is 7.04. The molecule has 1 saturated carbocycles. The number of allylic oxidation sites excluding steroid dienone is 1. The van der Waals surface area contributed by atoms with Crippen LogP contribution in [-0.4, -0.2) is 12.6 Å². The Labute approximate surface area is 115 Å². The van der Waals surface area contributed by atoms with E-state index >= 15 is 0 Å². The lowest BCUT2D eigenvalue weighted by atomic mass is 9.96. The zero-order valence-corrected chi connectivity index (χ0v) is 12.0. The summed E-state index contributed by atoms with van der Waals surface area (Å²) in [5.41, 5.74) is 2.22. The van der Waals surface area contributed by atoms with Crippen LogP contribution >= 0.6 is 0 Å². The molecule has 0 amide bonds. The number of rotatable bonds is 5. The van der Waals surface area contributed by atoms with Crippen molar-refractivity contribution in [2.24, 2.45) is 11.3 Å². The van der Waals surface area contributed by atoms with Gasteiger partial charge in [0.2, 0.25) is 0 Å². The van der Waals surface area contributed by atoms with Crippen LogP contribution in [0.3, 0.4) is 0 Å². The fraction of sp³-hybridized carbons (Fsp3) is 0.471. The van der Waals surface area contributed by atoms with Gasteiger partial charge in [0.05, 0.1) is 12.0 Å². The summed E-state index contributed by atoms with van der Waals surface area (Å²) in [6, 6.07) is 10.3. The number of esters is 1. The van der Waals surface area contributed by atoms with Gasteiger partial charge < -0.3 is 4.74 Å². The molecule has 1 aromatic rings. The number of benzene rings is 1. The number of ether oxygens (including phenoxy) is 1. The Morgan fingerprint density at radius 3 is 2.63 bits per heavy atom. The van der Waals surface area contributed by atoms with Gasteiger partial charge in [-0.1, -0.05) is 48.9 Å². The summed E-state index contributed by atoms with van der Waals surface area (Å²) in [5, 5.41) is 0. The van der Waals surface area contributed by atoms with Crippen LogP contribution in [-0.2, 0) is 9.53 Å². The molecule has 2 nitrogen and oxygen atoms in total. The first-order valence-electron chi connectivity index (χ1n) is 7.04. The molecule has 2 heteroatoms. The SMILES string of the molecule is CCOC(=O)C1(CC)CC1/C(C)=C/c1ccccc1. The highest BCUT2D eigenvalue weighted by molar-refractivity contribution is 5.82. The van der Waals surface area contributed by atoms with Crippen LogP contribution in [0.2, 0.25) is 0 Å². The molecule has 0 aromatic heterocycles. The van der Waals surface area contributed by atoms with Gasteiger partial charge >= 0.3 is 5.97 Å². The second kappa shape index (κ2) is 5.60. The van der Waals surface area contributed by atoms with Crippen molar-refractivity contribution in [3.8, 4) is 0 Å². The second-order valence-electron chi connectivity index (χ2n) is 5.29. The standard InChI is InChI=1S/C17H22O2/c1-4-17(16(18)19-5-2)12-15(17)13(3)11-14-9-7-6-8-10-14/h6-11,15H,4-5,12H2,1-3H3/b13-11+. The highest BCUT2D eigenvalue weighted by Gasteiger charge is 2.60. The van der Waals surface area contributed by atoms with E-state index in [-0.39, 0.29) is 11.4 Å². The van der Waals surface area contributed by atoms with Gasteiger partial charge in [-0.3, -0.25) is 4.79 Å². The molecule has 2 unspecified atom stereocenters. The highest BCUT2D eigenvalue weighted by atomic mass is 16.5. The van der Waals surface area contributed by atoms with Crippen LogP contribution in [0, 0.1) is 11.3 Å². The molecule has 102 valence electrons. The van der Waals surface area contributed by atoms with Crippen molar-refractivity contribution in [3.05, 3.63) is 41.5 Å². The molecule has 19 heavy (non-hydrogen) atoms. The van der Waals surface area contributed by atoms with Crippen LogP contribution in [0.1, 0.15) is 39.2 Å². The molecule has 0 radical (unpaired) electrons. The van der Waals surface area contributed by atoms with E-state index < -0.39 is 0 Å². The van der Waals surface area contributed by atoms with Crippen molar-refractivity contribution >= 4 is 12.0 Å². The molecule has 1 aliphatic carbocycles. The summed E-state index contributed by atoms with van der Waals surface area (Å²) in [4.78, 5) is 12.1. The normalized spacial score (nSPS) is 26.1. The predicted octanol–water partition coefficient (Wildman–Crippen LogP) is 4.07. The van der Waals surface area contributed by atoms with E-state index in [1.807, 2.05) is 25.1 Å². The minimum Gasteiger partial charge on any atom is -0.466 e. The number of hydrogen-bond donors (Lipinski definition) is 0. The van der Waals surface area contributed by atoms with Crippen molar-refractivity contribution in [2.45, 2.75) is 33.6 Å². The molecule has 0 spiro atoms. The minimum absolute atomic E-state index is 0.0247. The molecule has 0 bridgehead atoms. The fourth-order valence-electron chi connectivity index (χ4n) is 2.85. The molecule has 1 fully saturated rings. The van der Waals surface area contributed by atoms with Crippen LogP contribution < -0.4 is 0 Å². The summed E-state index contributed by atoms with van der Waals surface area (Å²) >= 11 is 0. The molecule has 1 aromatic carbocycles. The third kappa shape index (κ3) is 2.73. The van der Waals surface area contributed by atoms with Crippen molar-refractivity contribution in [1.29, 1.82) is 0 Å². The van der Waals surface area contributed by atoms with E-state index in [0.29, 0.717) is 12.5 Å². The lowest BCUT2D eigenvalue weighted by Crippen LogP contribution is -2.20. The average molecular weight is 258 g/mol. The van der Waals surface area contributed by atoms with Gasteiger partial charge in [0, 0.05) is 0 Å². The monoisotopic (exact) mass is 258 g/mol. The van der Waals surface area contributed by atoms with Gasteiger partial charge in [0.15, 0.2) is 0 Å². The third-order valence-corrected chi connectivity index (χ3v) is 4.13. The average Bonchev–Trinajstić information content (AvgIpc) is 3.16. The van der Waals surface area contributed by atoms with E-state index in [2.05, 4.69) is 32.1 Å². The maximum Gasteiger partial charge on any atom is 0.312 e. The summed E-state index contributed by atoms with van der Waals surface area (Å²) in [7, 11) is 0. The number of hydrogen-bond acceptors (Lipinski definition) is 2. The first kappa shape index (κ1) is 13.9. The zero-order chi connectivity index (χ0) is 13.9. The molecule has 0 N–H and O–H groups in total. The van der Waals surface area contributed by atoms with Gasteiger partial charge in [-0.2, -0.15) is 0 Å². The van der Waals surface area contributed by atoms with Crippen molar-refractivity contribution in [2.75, 3.05) is 6.61 Å². The van der Waals surface area contributed by atoms with Gasteiger partial charge in [-0.25, -0.2) is 0 Å². The molecule has 1 aliphatic rings. The van der Waals surface area contributed by atoms with E-state index in [4.69, 9.17) is 4.74 Å². The Morgan fingerprint density at radius 1 is 1.37 bits per heavy atom. The Balaban J connectivity index is 2.12. The summed E-state index contributed by atoms with van der Waals surface area (Å²) < 4.78 is 5.22. The Bertz CT molecular complexity index is 475. The van der Waals surface area contributed by atoms with Crippen molar-refractivity contribution < 1.29 is 9.53 Å². The largest absolute Gasteiger partial charge is 0.466 e. The quantitative estimate of drug-likeness (QED) is 0.744. The highest BCUT2D eigenvalue weighted by Crippen LogP contribution is 2.59. The van der Waals surface area contributed by atoms with E-state index in [1.165, 1.54) is 11.1 Å². The molecule has 0 heterocycles. The summed E-state index contributed by atoms with van der Waals surface area (Å²) in [6.45, 7) is 6.53. The summed E-state index contributed by atoms with van der Waals surface area (Å²) in [5.74, 6) is 0.320. The van der Waals surface area contributed by atoms with Crippen molar-refractivity contribution in [1.82, 2.24) is 0 Å². The topological polar surface area (TPSA) is 26.3 Å². The second-order valence-corrected chi connectivity index (χ2v) is 5.29. The fourth-order valence-corrected chi connectivity index (χ4v) is 2.85. The molecule has 2 atom stereocenters. The van der Waals surface area contributed by atoms with Crippen LogP contribution in [0.4, 0.5) is 0 Å². The molecular weight excluding hydrogens is 236 g/mol. The Morgan fingerprint density at radius 2 is 2.05 bits per heavy atom. The predicted molar refractivity (Wildman–Crippen MR) is 77.6 cm³/mol. The smallest absolute Gasteiger partial charge is 0.312 e.